The highest BCUT2D eigenvalue weighted by Crippen LogP contribution is 2.30. The Bertz CT molecular complexity index is 567. The summed E-state index contributed by atoms with van der Waals surface area (Å²) in [4.78, 5) is 23.1. The molecule has 1 aliphatic carbocycles. The number of nitrogens with zero attached hydrogens (tertiary/aromatic N) is 3. The van der Waals surface area contributed by atoms with Crippen LogP contribution in [0.4, 0.5) is 5.69 Å². The quantitative estimate of drug-likeness (QED) is 0.683. The first-order valence-corrected chi connectivity index (χ1v) is 7.31. The van der Waals surface area contributed by atoms with E-state index in [4.69, 9.17) is 0 Å². The topological polar surface area (TPSA) is 90.1 Å². The number of nitrogens with one attached hydrogen (secondary N) is 1. The SMILES string of the molecule is Cc1nn(C)c(C(=O)N[C@@H]2CCC[C@H](C)[C@@H]2C)c1[N+](=O)[O-]. The Kier molecular flexibility index (Phi) is 4.29. The highest BCUT2D eigenvalue weighted by molar-refractivity contribution is 5.97. The second-order valence-electron chi connectivity index (χ2n) is 6.01. The van der Waals surface area contributed by atoms with Gasteiger partial charge in [0.1, 0.15) is 5.69 Å². The predicted molar refractivity (Wildman–Crippen MR) is 78.0 cm³/mol. The summed E-state index contributed by atoms with van der Waals surface area (Å²) >= 11 is 0. The number of carbonyl (C=O) groups excluding carboxylic acids is 1. The van der Waals surface area contributed by atoms with Gasteiger partial charge in [-0.3, -0.25) is 19.6 Å². The van der Waals surface area contributed by atoms with Gasteiger partial charge in [0.05, 0.1) is 4.92 Å². The minimum absolute atomic E-state index is 0.0305. The Labute approximate surface area is 123 Å². The second-order valence-corrected chi connectivity index (χ2v) is 6.01. The van der Waals surface area contributed by atoms with E-state index in [1.54, 1.807) is 14.0 Å². The van der Waals surface area contributed by atoms with Crippen LogP contribution in [0.2, 0.25) is 0 Å². The fourth-order valence-electron chi connectivity index (χ4n) is 3.14. The lowest BCUT2D eigenvalue weighted by Gasteiger charge is -2.34. The summed E-state index contributed by atoms with van der Waals surface area (Å²) < 4.78 is 1.29. The second kappa shape index (κ2) is 5.83. The lowest BCUT2D eigenvalue weighted by molar-refractivity contribution is -0.385. The third-order valence-corrected chi connectivity index (χ3v) is 4.61. The molecule has 7 heteroatoms. The molecule has 1 heterocycles. The number of hydrogen-bond donors (Lipinski definition) is 1. The molecule has 116 valence electrons. The lowest BCUT2D eigenvalue weighted by Crippen LogP contribution is -2.44. The smallest absolute Gasteiger partial charge is 0.322 e. The Morgan fingerprint density at radius 3 is 2.71 bits per heavy atom. The van der Waals surface area contributed by atoms with Gasteiger partial charge in [-0.1, -0.05) is 26.7 Å². The van der Waals surface area contributed by atoms with Gasteiger partial charge in [0.2, 0.25) is 5.69 Å². The number of aryl methyl sites for hydroxylation is 2. The molecule has 1 saturated carbocycles. The van der Waals surface area contributed by atoms with Crippen LogP contribution >= 0.6 is 0 Å². The van der Waals surface area contributed by atoms with Gasteiger partial charge in [-0.25, -0.2) is 0 Å². The Morgan fingerprint density at radius 2 is 2.10 bits per heavy atom. The largest absolute Gasteiger partial charge is 0.347 e. The van der Waals surface area contributed by atoms with Crippen LogP contribution < -0.4 is 5.32 Å². The van der Waals surface area contributed by atoms with Gasteiger partial charge in [0.25, 0.3) is 5.91 Å². The van der Waals surface area contributed by atoms with E-state index in [-0.39, 0.29) is 23.1 Å². The van der Waals surface area contributed by atoms with Gasteiger partial charge in [-0.05, 0) is 25.2 Å². The molecule has 2 rings (SSSR count). The Morgan fingerprint density at radius 1 is 1.43 bits per heavy atom. The van der Waals surface area contributed by atoms with E-state index in [2.05, 4.69) is 24.3 Å². The first kappa shape index (κ1) is 15.5. The van der Waals surface area contributed by atoms with Crippen LogP contribution in [-0.4, -0.2) is 26.7 Å². The van der Waals surface area contributed by atoms with Crippen molar-refractivity contribution in [2.45, 2.75) is 46.1 Å². The van der Waals surface area contributed by atoms with Crippen molar-refractivity contribution in [2.75, 3.05) is 0 Å². The van der Waals surface area contributed by atoms with Crippen molar-refractivity contribution in [1.29, 1.82) is 0 Å². The van der Waals surface area contributed by atoms with Crippen molar-refractivity contribution < 1.29 is 9.72 Å². The van der Waals surface area contributed by atoms with Gasteiger partial charge in [0.15, 0.2) is 0 Å². The zero-order valence-corrected chi connectivity index (χ0v) is 12.9. The number of hydrogen-bond acceptors (Lipinski definition) is 4. The van der Waals surface area contributed by atoms with Crippen LogP contribution in [0.3, 0.4) is 0 Å². The van der Waals surface area contributed by atoms with Crippen molar-refractivity contribution in [3.63, 3.8) is 0 Å². The summed E-state index contributed by atoms with van der Waals surface area (Å²) in [5, 5.41) is 18.1. The van der Waals surface area contributed by atoms with E-state index in [1.807, 2.05) is 0 Å². The van der Waals surface area contributed by atoms with E-state index in [0.29, 0.717) is 11.8 Å². The van der Waals surface area contributed by atoms with E-state index >= 15 is 0 Å². The van der Waals surface area contributed by atoms with Crippen LogP contribution in [0.5, 0.6) is 0 Å². The molecule has 1 N–H and O–H groups in total. The summed E-state index contributed by atoms with van der Waals surface area (Å²) in [7, 11) is 1.56. The maximum absolute atomic E-state index is 12.4. The van der Waals surface area contributed by atoms with Gasteiger partial charge >= 0.3 is 5.69 Å². The molecule has 1 aromatic rings. The molecule has 1 aromatic heterocycles. The monoisotopic (exact) mass is 294 g/mol. The normalized spacial score (nSPS) is 25.6. The number of carbonyl (C=O) groups is 1. The molecule has 0 unspecified atom stereocenters. The van der Waals surface area contributed by atoms with Crippen LogP contribution in [0, 0.1) is 28.9 Å². The van der Waals surface area contributed by atoms with Crippen molar-refractivity contribution >= 4 is 11.6 Å². The van der Waals surface area contributed by atoms with Gasteiger partial charge in [-0.2, -0.15) is 5.10 Å². The molecule has 3 atom stereocenters. The standard InChI is InChI=1S/C14H22N4O3/c1-8-6-5-7-11(9(8)2)15-14(19)13-12(18(20)21)10(3)16-17(13)4/h8-9,11H,5-7H2,1-4H3,(H,15,19)/t8-,9-,11+/m0/s1. The maximum atomic E-state index is 12.4. The predicted octanol–water partition coefficient (Wildman–Crippen LogP) is 2.19. The van der Waals surface area contributed by atoms with Crippen molar-refractivity contribution in [2.24, 2.45) is 18.9 Å². The first-order valence-electron chi connectivity index (χ1n) is 7.31. The molecule has 0 aliphatic heterocycles. The summed E-state index contributed by atoms with van der Waals surface area (Å²) in [5.41, 5.74) is 0.0900. The Balaban J connectivity index is 2.23. The third kappa shape index (κ3) is 2.91. The van der Waals surface area contributed by atoms with Crippen molar-refractivity contribution in [3.05, 3.63) is 21.5 Å². The van der Waals surface area contributed by atoms with E-state index in [9.17, 15) is 14.9 Å². The highest BCUT2D eigenvalue weighted by Gasteiger charge is 2.33. The third-order valence-electron chi connectivity index (χ3n) is 4.61. The van der Waals surface area contributed by atoms with E-state index < -0.39 is 10.8 Å². The molecule has 1 aliphatic rings. The molecule has 7 nitrogen and oxygen atoms in total. The Hall–Kier alpha value is -1.92. The van der Waals surface area contributed by atoms with E-state index in [1.165, 1.54) is 11.1 Å². The molecule has 0 aromatic carbocycles. The molecular weight excluding hydrogens is 272 g/mol. The minimum Gasteiger partial charge on any atom is -0.347 e. The highest BCUT2D eigenvalue weighted by atomic mass is 16.6. The lowest BCUT2D eigenvalue weighted by atomic mass is 9.78. The first-order chi connectivity index (χ1) is 9.82. The van der Waals surface area contributed by atoms with Crippen molar-refractivity contribution in [3.8, 4) is 0 Å². The molecule has 0 bridgehead atoms. The van der Waals surface area contributed by atoms with Crippen LogP contribution in [0.25, 0.3) is 0 Å². The average Bonchev–Trinajstić information content (AvgIpc) is 2.70. The zero-order valence-electron chi connectivity index (χ0n) is 12.9. The van der Waals surface area contributed by atoms with Gasteiger partial charge < -0.3 is 5.32 Å². The summed E-state index contributed by atoms with van der Waals surface area (Å²) in [6.07, 6.45) is 3.16. The molecule has 21 heavy (non-hydrogen) atoms. The number of nitro groups is 1. The minimum atomic E-state index is -0.538. The number of rotatable bonds is 3. The summed E-state index contributed by atoms with van der Waals surface area (Å²) in [6.45, 7) is 5.84. The average molecular weight is 294 g/mol. The van der Waals surface area contributed by atoms with Gasteiger partial charge in [0, 0.05) is 13.1 Å². The maximum Gasteiger partial charge on any atom is 0.322 e. The number of aromatic nitrogens is 2. The molecule has 0 saturated heterocycles. The molecule has 1 fully saturated rings. The van der Waals surface area contributed by atoms with Gasteiger partial charge in [-0.15, -0.1) is 0 Å². The van der Waals surface area contributed by atoms with Crippen LogP contribution in [0.1, 0.15) is 49.3 Å². The van der Waals surface area contributed by atoms with Crippen molar-refractivity contribution in [1.82, 2.24) is 15.1 Å². The number of amides is 1. The van der Waals surface area contributed by atoms with E-state index in [0.717, 1.165) is 12.8 Å². The summed E-state index contributed by atoms with van der Waals surface area (Å²) in [5.74, 6) is 0.513. The summed E-state index contributed by atoms with van der Waals surface area (Å²) in [6, 6.07) is 0.0658. The zero-order chi connectivity index (χ0) is 15.7. The van der Waals surface area contributed by atoms with Crippen LogP contribution in [-0.2, 0) is 7.05 Å². The fraction of sp³-hybridized carbons (Fsp3) is 0.714. The molecule has 0 spiro atoms. The van der Waals surface area contributed by atoms with Crippen LogP contribution in [0.15, 0.2) is 0 Å². The fourth-order valence-corrected chi connectivity index (χ4v) is 3.14. The molecule has 0 radical (unpaired) electrons. The molecular formula is C14H22N4O3. The molecule has 1 amide bonds.